The molecule has 1 saturated heterocycles. The van der Waals surface area contributed by atoms with Crippen LogP contribution in [0.5, 0.6) is 0 Å². The molecular weight excluding hydrogens is 234 g/mol. The zero-order chi connectivity index (χ0) is 11.8. The predicted molar refractivity (Wildman–Crippen MR) is 70.3 cm³/mol. The van der Waals surface area contributed by atoms with Gasteiger partial charge >= 0.3 is 0 Å². The van der Waals surface area contributed by atoms with Crippen LogP contribution in [0.15, 0.2) is 18.3 Å². The molecule has 92 valence electrons. The summed E-state index contributed by atoms with van der Waals surface area (Å²) < 4.78 is 0. The van der Waals surface area contributed by atoms with Crippen molar-refractivity contribution in [3.63, 3.8) is 0 Å². The summed E-state index contributed by atoms with van der Waals surface area (Å²) in [6.07, 6.45) is 5.40. The first-order chi connectivity index (χ1) is 8.24. The Morgan fingerprint density at radius 1 is 1.29 bits per heavy atom. The lowest BCUT2D eigenvalue weighted by Gasteiger charge is -2.27. The largest absolute Gasteiger partial charge is 0.355 e. The number of halogens is 1. The van der Waals surface area contributed by atoms with Crippen molar-refractivity contribution in [3.8, 4) is 0 Å². The first-order valence-electron chi connectivity index (χ1n) is 6.35. The number of aromatic nitrogens is 1. The highest BCUT2D eigenvalue weighted by Crippen LogP contribution is 2.38. The van der Waals surface area contributed by atoms with Gasteiger partial charge in [0.15, 0.2) is 0 Å². The van der Waals surface area contributed by atoms with Crippen molar-refractivity contribution in [3.05, 3.63) is 23.4 Å². The Morgan fingerprint density at radius 3 is 2.94 bits per heavy atom. The molecule has 1 aromatic rings. The molecule has 17 heavy (non-hydrogen) atoms. The van der Waals surface area contributed by atoms with E-state index in [-0.39, 0.29) is 0 Å². The minimum Gasteiger partial charge on any atom is -0.355 e. The topological polar surface area (TPSA) is 42.1 Å². The van der Waals surface area contributed by atoms with E-state index >= 15 is 0 Å². The third-order valence-electron chi connectivity index (χ3n) is 4.13. The van der Waals surface area contributed by atoms with E-state index < -0.39 is 0 Å². The van der Waals surface area contributed by atoms with E-state index in [2.05, 4.69) is 9.88 Å². The Hall–Kier alpha value is -0.800. The van der Waals surface area contributed by atoms with Gasteiger partial charge in [-0.05, 0) is 43.2 Å². The fraction of sp³-hybridized carbons (Fsp3) is 0.615. The Bertz CT molecular complexity index is 409. The second-order valence-electron chi connectivity index (χ2n) is 5.31. The van der Waals surface area contributed by atoms with E-state index in [9.17, 15) is 0 Å². The average Bonchev–Trinajstić information content (AvgIpc) is 2.72. The second kappa shape index (κ2) is 4.46. The Labute approximate surface area is 107 Å². The molecule has 0 aromatic carbocycles. The van der Waals surface area contributed by atoms with Crippen molar-refractivity contribution in [1.82, 2.24) is 4.98 Å². The van der Waals surface area contributed by atoms with Crippen molar-refractivity contribution in [2.45, 2.75) is 25.3 Å². The van der Waals surface area contributed by atoms with E-state index in [1.54, 1.807) is 0 Å². The van der Waals surface area contributed by atoms with Crippen LogP contribution in [0.2, 0.25) is 5.02 Å². The minimum absolute atomic E-state index is 0.399. The van der Waals surface area contributed by atoms with Crippen LogP contribution in [0.3, 0.4) is 0 Å². The molecule has 2 heterocycles. The number of nitrogens with two attached hydrogens (primary N) is 1. The summed E-state index contributed by atoms with van der Waals surface area (Å²) in [5.41, 5.74) is 6.04. The Kier molecular flexibility index (Phi) is 2.97. The highest BCUT2D eigenvalue weighted by atomic mass is 35.5. The number of nitrogens with zero attached hydrogens (tertiary/aromatic N) is 2. The van der Waals surface area contributed by atoms with Crippen LogP contribution in [0, 0.1) is 11.8 Å². The van der Waals surface area contributed by atoms with Gasteiger partial charge in [-0.2, -0.15) is 0 Å². The maximum Gasteiger partial charge on any atom is 0.147 e. The highest BCUT2D eigenvalue weighted by molar-refractivity contribution is 6.32. The summed E-state index contributed by atoms with van der Waals surface area (Å²) in [4.78, 5) is 6.73. The van der Waals surface area contributed by atoms with Gasteiger partial charge in [0.05, 0.1) is 5.02 Å². The van der Waals surface area contributed by atoms with Crippen molar-refractivity contribution < 1.29 is 0 Å². The molecule has 0 spiro atoms. The van der Waals surface area contributed by atoms with E-state index in [4.69, 9.17) is 17.3 Å². The molecule has 1 aliphatic carbocycles. The molecule has 0 bridgehead atoms. The van der Waals surface area contributed by atoms with Crippen molar-refractivity contribution in [1.29, 1.82) is 0 Å². The molecule has 2 N–H and O–H groups in total. The standard InChI is InChI=1S/C13H18ClN3/c14-12-2-1-5-16-13(12)17-7-9-3-4-11(15)6-10(9)8-17/h1-2,5,9-11H,3-4,6-8,15H2/t9-,10+,11?/m0/s1. The normalized spacial score (nSPS) is 32.6. The maximum absolute atomic E-state index is 6.20. The van der Waals surface area contributed by atoms with Gasteiger partial charge in [-0.25, -0.2) is 4.98 Å². The van der Waals surface area contributed by atoms with Gasteiger partial charge in [-0.15, -0.1) is 0 Å². The molecule has 1 saturated carbocycles. The number of hydrogen-bond acceptors (Lipinski definition) is 3. The summed E-state index contributed by atoms with van der Waals surface area (Å²) in [6.45, 7) is 2.16. The monoisotopic (exact) mass is 251 g/mol. The summed E-state index contributed by atoms with van der Waals surface area (Å²) in [5, 5.41) is 0.760. The Balaban J connectivity index is 1.78. The first kappa shape index (κ1) is 11.3. The van der Waals surface area contributed by atoms with Crippen LogP contribution in [-0.4, -0.2) is 24.1 Å². The molecule has 3 rings (SSSR count). The van der Waals surface area contributed by atoms with E-state index in [1.807, 2.05) is 18.3 Å². The fourth-order valence-electron chi connectivity index (χ4n) is 3.25. The first-order valence-corrected chi connectivity index (χ1v) is 6.73. The highest BCUT2D eigenvalue weighted by Gasteiger charge is 2.37. The van der Waals surface area contributed by atoms with Gasteiger partial charge in [0.25, 0.3) is 0 Å². The lowest BCUT2D eigenvalue weighted by Crippen LogP contribution is -2.32. The van der Waals surface area contributed by atoms with Crippen LogP contribution in [0.1, 0.15) is 19.3 Å². The molecule has 3 nitrogen and oxygen atoms in total. The van der Waals surface area contributed by atoms with Crippen LogP contribution >= 0.6 is 11.6 Å². The Morgan fingerprint density at radius 2 is 2.12 bits per heavy atom. The molecule has 0 amide bonds. The van der Waals surface area contributed by atoms with Crippen LogP contribution in [-0.2, 0) is 0 Å². The second-order valence-corrected chi connectivity index (χ2v) is 5.71. The number of fused-ring (bicyclic) bond motifs is 1. The molecule has 2 aliphatic rings. The average molecular weight is 252 g/mol. The third-order valence-corrected chi connectivity index (χ3v) is 4.42. The van der Waals surface area contributed by atoms with Crippen LogP contribution in [0.4, 0.5) is 5.82 Å². The van der Waals surface area contributed by atoms with Gasteiger partial charge in [0.1, 0.15) is 5.82 Å². The molecule has 2 fully saturated rings. The summed E-state index contributed by atoms with van der Waals surface area (Å²) in [6, 6.07) is 4.19. The van der Waals surface area contributed by atoms with Crippen molar-refractivity contribution in [2.75, 3.05) is 18.0 Å². The molecule has 1 unspecified atom stereocenters. The van der Waals surface area contributed by atoms with Gasteiger partial charge in [0, 0.05) is 25.3 Å². The quantitative estimate of drug-likeness (QED) is 0.833. The number of rotatable bonds is 1. The van der Waals surface area contributed by atoms with Crippen molar-refractivity contribution >= 4 is 17.4 Å². The lowest BCUT2D eigenvalue weighted by molar-refractivity contribution is 0.271. The van der Waals surface area contributed by atoms with E-state index in [1.165, 1.54) is 12.8 Å². The molecular formula is C13H18ClN3. The number of anilines is 1. The lowest BCUT2D eigenvalue weighted by atomic mass is 9.79. The molecule has 4 heteroatoms. The van der Waals surface area contributed by atoms with Gasteiger partial charge in [-0.1, -0.05) is 11.6 Å². The van der Waals surface area contributed by atoms with Gasteiger partial charge < -0.3 is 10.6 Å². The molecule has 0 radical (unpaired) electrons. The van der Waals surface area contributed by atoms with Crippen molar-refractivity contribution in [2.24, 2.45) is 17.6 Å². The smallest absolute Gasteiger partial charge is 0.147 e. The van der Waals surface area contributed by atoms with E-state index in [0.717, 1.165) is 42.2 Å². The third kappa shape index (κ3) is 2.14. The van der Waals surface area contributed by atoms with Crippen LogP contribution < -0.4 is 10.6 Å². The molecule has 1 aliphatic heterocycles. The zero-order valence-electron chi connectivity index (χ0n) is 9.85. The summed E-state index contributed by atoms with van der Waals surface area (Å²) in [7, 11) is 0. The van der Waals surface area contributed by atoms with E-state index in [0.29, 0.717) is 6.04 Å². The molecule has 1 aromatic heterocycles. The fourth-order valence-corrected chi connectivity index (χ4v) is 3.49. The minimum atomic E-state index is 0.399. The maximum atomic E-state index is 6.20. The van der Waals surface area contributed by atoms with Gasteiger partial charge in [0.2, 0.25) is 0 Å². The predicted octanol–water partition coefficient (Wildman–Crippen LogP) is 2.30. The SMILES string of the molecule is NC1CC[C@H]2CN(c3ncccc3Cl)C[C@H]2C1. The number of pyridine rings is 1. The number of hydrogen-bond donors (Lipinski definition) is 1. The van der Waals surface area contributed by atoms with Crippen LogP contribution in [0.25, 0.3) is 0 Å². The molecule has 3 atom stereocenters. The summed E-state index contributed by atoms with van der Waals surface area (Å²) >= 11 is 6.20. The summed E-state index contributed by atoms with van der Waals surface area (Å²) in [5.74, 6) is 2.46. The van der Waals surface area contributed by atoms with Gasteiger partial charge in [-0.3, -0.25) is 0 Å². The zero-order valence-corrected chi connectivity index (χ0v) is 10.6.